The molecule has 70 valence electrons. The molecule has 1 aromatic rings. The van der Waals surface area contributed by atoms with Crippen LogP contribution in [0.15, 0.2) is 18.2 Å². The van der Waals surface area contributed by atoms with E-state index in [4.69, 9.17) is 16.7 Å². The molecule has 13 heavy (non-hydrogen) atoms. The summed E-state index contributed by atoms with van der Waals surface area (Å²) in [5.74, 6) is -0.481. The zero-order chi connectivity index (χ0) is 9.84. The number of hydrazine groups is 1. The fraction of sp³-hybridized carbons (Fsp3) is 0. The normalized spacial score (nSPS) is 9.38. The maximum Gasteiger partial charge on any atom is 0.423 e. The van der Waals surface area contributed by atoms with E-state index in [0.717, 1.165) is 12.1 Å². The Balaban J connectivity index is 2.72. The first kappa shape index (κ1) is 9.60. The van der Waals surface area contributed by atoms with Gasteiger partial charge in [-0.3, -0.25) is 5.43 Å². The molecule has 0 fully saturated rings. The minimum Gasteiger partial charge on any atom is -0.464 e. The summed E-state index contributed by atoms with van der Waals surface area (Å²) >= 11 is 5.58. The van der Waals surface area contributed by atoms with Gasteiger partial charge in [0.05, 0.1) is 10.7 Å². The fourth-order valence-electron chi connectivity index (χ4n) is 0.712. The van der Waals surface area contributed by atoms with Crippen LogP contribution in [0.25, 0.3) is 0 Å². The van der Waals surface area contributed by atoms with Gasteiger partial charge in [0, 0.05) is 0 Å². The van der Waals surface area contributed by atoms with Gasteiger partial charge >= 0.3 is 6.09 Å². The lowest BCUT2D eigenvalue weighted by Gasteiger charge is -2.06. The maximum atomic E-state index is 12.5. The zero-order valence-corrected chi connectivity index (χ0v) is 7.10. The van der Waals surface area contributed by atoms with E-state index in [2.05, 4.69) is 5.43 Å². The van der Waals surface area contributed by atoms with Gasteiger partial charge in [-0.15, -0.1) is 0 Å². The highest BCUT2D eigenvalue weighted by Crippen LogP contribution is 2.21. The first-order valence-electron chi connectivity index (χ1n) is 3.29. The molecule has 0 aliphatic carbocycles. The molecule has 0 heterocycles. The lowest BCUT2D eigenvalue weighted by atomic mass is 10.3. The first-order chi connectivity index (χ1) is 6.09. The minimum atomic E-state index is -1.25. The molecule has 4 nitrogen and oxygen atoms in total. The Bertz CT molecular complexity index is 332. The zero-order valence-electron chi connectivity index (χ0n) is 6.34. The smallest absolute Gasteiger partial charge is 0.423 e. The van der Waals surface area contributed by atoms with Crippen LogP contribution >= 0.6 is 11.6 Å². The van der Waals surface area contributed by atoms with Crippen molar-refractivity contribution in [2.24, 2.45) is 0 Å². The third-order valence-electron chi connectivity index (χ3n) is 1.24. The van der Waals surface area contributed by atoms with Crippen LogP contribution in [-0.2, 0) is 0 Å². The van der Waals surface area contributed by atoms with E-state index in [9.17, 15) is 9.18 Å². The second-order valence-corrected chi connectivity index (χ2v) is 2.59. The summed E-state index contributed by atoms with van der Waals surface area (Å²) in [7, 11) is 0. The van der Waals surface area contributed by atoms with Gasteiger partial charge in [0.25, 0.3) is 0 Å². The van der Waals surface area contributed by atoms with Gasteiger partial charge in [-0.1, -0.05) is 11.6 Å². The number of carbonyl (C=O) groups is 1. The molecule has 0 spiro atoms. The molecule has 0 saturated heterocycles. The van der Waals surface area contributed by atoms with Crippen molar-refractivity contribution in [1.82, 2.24) is 5.43 Å². The molecule has 1 aromatic carbocycles. The summed E-state index contributed by atoms with van der Waals surface area (Å²) in [4.78, 5) is 10.1. The van der Waals surface area contributed by atoms with E-state index in [1.165, 1.54) is 6.07 Å². The van der Waals surface area contributed by atoms with Crippen LogP contribution in [-0.4, -0.2) is 11.2 Å². The number of amides is 1. The van der Waals surface area contributed by atoms with Gasteiger partial charge in [-0.2, -0.15) is 0 Å². The number of nitrogens with one attached hydrogen (secondary N) is 2. The summed E-state index contributed by atoms with van der Waals surface area (Å²) in [6.07, 6.45) is -1.25. The van der Waals surface area contributed by atoms with Crippen molar-refractivity contribution >= 4 is 23.4 Å². The highest BCUT2D eigenvalue weighted by molar-refractivity contribution is 6.33. The predicted octanol–water partition coefficient (Wildman–Crippen LogP) is 2.07. The van der Waals surface area contributed by atoms with Crippen molar-refractivity contribution < 1.29 is 14.3 Å². The third-order valence-corrected chi connectivity index (χ3v) is 1.55. The largest absolute Gasteiger partial charge is 0.464 e. The summed E-state index contributed by atoms with van der Waals surface area (Å²) in [6, 6.07) is 3.57. The van der Waals surface area contributed by atoms with Crippen LogP contribution in [0.3, 0.4) is 0 Å². The van der Waals surface area contributed by atoms with E-state index in [-0.39, 0.29) is 5.02 Å². The Kier molecular flexibility index (Phi) is 2.92. The monoisotopic (exact) mass is 204 g/mol. The molecule has 0 saturated carbocycles. The molecule has 6 heteroatoms. The molecule has 1 amide bonds. The molecule has 0 aromatic heterocycles. The number of benzene rings is 1. The van der Waals surface area contributed by atoms with Crippen molar-refractivity contribution in [3.63, 3.8) is 0 Å². The molecule has 0 atom stereocenters. The highest BCUT2D eigenvalue weighted by atomic mass is 35.5. The molecule has 0 bridgehead atoms. The van der Waals surface area contributed by atoms with Gasteiger partial charge in [0.15, 0.2) is 0 Å². The van der Waals surface area contributed by atoms with Gasteiger partial charge in [0.2, 0.25) is 0 Å². The third kappa shape index (κ3) is 2.79. The van der Waals surface area contributed by atoms with Crippen molar-refractivity contribution in [3.05, 3.63) is 29.0 Å². The van der Waals surface area contributed by atoms with E-state index in [1.807, 2.05) is 5.43 Å². The Labute approximate surface area is 78.3 Å². The molecule has 0 unspecified atom stereocenters. The van der Waals surface area contributed by atoms with Crippen LogP contribution < -0.4 is 10.9 Å². The second-order valence-electron chi connectivity index (χ2n) is 2.18. The molecule has 0 radical (unpaired) electrons. The van der Waals surface area contributed by atoms with Crippen molar-refractivity contribution in [2.45, 2.75) is 0 Å². The number of anilines is 1. The molecular weight excluding hydrogens is 199 g/mol. The topological polar surface area (TPSA) is 61.4 Å². The van der Waals surface area contributed by atoms with E-state index in [0.29, 0.717) is 5.69 Å². The maximum absolute atomic E-state index is 12.5. The summed E-state index contributed by atoms with van der Waals surface area (Å²) in [5.41, 5.74) is 4.47. The van der Waals surface area contributed by atoms with Gasteiger partial charge < -0.3 is 5.11 Å². The molecular formula is C7H6ClFN2O2. The first-order valence-corrected chi connectivity index (χ1v) is 3.67. The molecule has 0 aliphatic heterocycles. The number of halogens is 2. The average molecular weight is 205 g/mol. The Morgan fingerprint density at radius 2 is 2.23 bits per heavy atom. The van der Waals surface area contributed by atoms with Gasteiger partial charge in [-0.05, 0) is 18.2 Å². The van der Waals surface area contributed by atoms with E-state index < -0.39 is 11.9 Å². The van der Waals surface area contributed by atoms with E-state index >= 15 is 0 Å². The lowest BCUT2D eigenvalue weighted by Crippen LogP contribution is -2.27. The summed E-state index contributed by atoms with van der Waals surface area (Å²) in [5, 5.41) is 8.33. The van der Waals surface area contributed by atoms with Crippen molar-refractivity contribution in [3.8, 4) is 0 Å². The van der Waals surface area contributed by atoms with Crippen molar-refractivity contribution in [1.29, 1.82) is 0 Å². The Morgan fingerprint density at radius 3 is 2.77 bits per heavy atom. The number of rotatable bonds is 2. The Hall–Kier alpha value is -1.49. The minimum absolute atomic E-state index is 0.105. The fourth-order valence-corrected chi connectivity index (χ4v) is 0.926. The van der Waals surface area contributed by atoms with Crippen molar-refractivity contribution in [2.75, 3.05) is 5.43 Å². The molecule has 1 rings (SSSR count). The second kappa shape index (κ2) is 3.95. The lowest BCUT2D eigenvalue weighted by molar-refractivity contribution is 0.197. The summed E-state index contributed by atoms with van der Waals surface area (Å²) in [6.45, 7) is 0. The number of carboxylic acid groups (broad SMARTS) is 1. The van der Waals surface area contributed by atoms with Crippen LogP contribution in [0, 0.1) is 5.82 Å². The van der Waals surface area contributed by atoms with E-state index in [1.54, 1.807) is 0 Å². The molecule has 3 N–H and O–H groups in total. The van der Waals surface area contributed by atoms with Crippen LogP contribution in [0.4, 0.5) is 14.9 Å². The quantitative estimate of drug-likeness (QED) is 0.647. The van der Waals surface area contributed by atoms with Crippen LogP contribution in [0.5, 0.6) is 0 Å². The van der Waals surface area contributed by atoms with Gasteiger partial charge in [-0.25, -0.2) is 14.6 Å². The van der Waals surface area contributed by atoms with Gasteiger partial charge in [0.1, 0.15) is 5.82 Å². The Morgan fingerprint density at radius 1 is 1.54 bits per heavy atom. The van der Waals surface area contributed by atoms with Crippen LogP contribution in [0.1, 0.15) is 0 Å². The van der Waals surface area contributed by atoms with Crippen LogP contribution in [0.2, 0.25) is 5.02 Å². The highest BCUT2D eigenvalue weighted by Gasteiger charge is 2.01. The SMILES string of the molecule is O=C(O)NNc1ccc(F)cc1Cl. The molecule has 0 aliphatic rings. The summed E-state index contributed by atoms with van der Waals surface area (Å²) < 4.78 is 12.5. The number of hydrogen-bond donors (Lipinski definition) is 3. The predicted molar refractivity (Wildman–Crippen MR) is 46.2 cm³/mol. The number of hydrogen-bond acceptors (Lipinski definition) is 2. The average Bonchev–Trinajstić information content (AvgIpc) is 2.02. The standard InChI is InChI=1S/C7H6ClFN2O2/c8-5-3-4(9)1-2-6(5)10-11-7(12)13/h1-3,10-11H,(H,12,13).